The molecule has 0 radical (unpaired) electrons. The van der Waals surface area contributed by atoms with E-state index in [0.29, 0.717) is 19.5 Å². The summed E-state index contributed by atoms with van der Waals surface area (Å²) in [6.07, 6.45) is 6.59. The number of aliphatic hydroxyl groups is 1. The number of piperidine rings is 1. The van der Waals surface area contributed by atoms with Crippen LogP contribution in [0.5, 0.6) is 0 Å². The van der Waals surface area contributed by atoms with Gasteiger partial charge in [-0.25, -0.2) is 0 Å². The Morgan fingerprint density at radius 2 is 2.20 bits per heavy atom. The van der Waals surface area contributed by atoms with Crippen molar-refractivity contribution in [1.82, 2.24) is 19.6 Å². The summed E-state index contributed by atoms with van der Waals surface area (Å²) >= 11 is 0. The number of carbonyl (C=O) groups is 2. The first-order valence-electron chi connectivity index (χ1n) is 8.61. The number of carbonyl (C=O) groups excluding carboxylic acids is 2. The van der Waals surface area contributed by atoms with Gasteiger partial charge in [-0.2, -0.15) is 10.4 Å². The highest BCUT2D eigenvalue weighted by atomic mass is 16.3. The summed E-state index contributed by atoms with van der Waals surface area (Å²) in [6, 6.07) is 1.80. The number of aryl methyl sites for hydroxylation is 1. The fourth-order valence-corrected chi connectivity index (χ4v) is 3.71. The van der Waals surface area contributed by atoms with Gasteiger partial charge >= 0.3 is 11.8 Å². The highest BCUT2D eigenvalue weighted by Crippen LogP contribution is 2.31. The molecule has 3 heterocycles. The molecule has 0 saturated carbocycles. The largest absolute Gasteiger partial charge is 0.387 e. The molecule has 2 fully saturated rings. The molecular weight excluding hydrogens is 322 g/mol. The first kappa shape index (κ1) is 17.4. The number of amides is 2. The van der Waals surface area contributed by atoms with Crippen molar-refractivity contribution in [3.8, 4) is 6.07 Å². The Morgan fingerprint density at radius 3 is 2.88 bits per heavy atom. The molecule has 0 aliphatic carbocycles. The monoisotopic (exact) mass is 345 g/mol. The van der Waals surface area contributed by atoms with E-state index in [1.54, 1.807) is 15.8 Å². The average molecular weight is 345 g/mol. The molecule has 0 bridgehead atoms. The fraction of sp³-hybridized carbons (Fsp3) is 0.647. The van der Waals surface area contributed by atoms with Crippen LogP contribution in [0.4, 0.5) is 0 Å². The molecule has 2 amide bonds. The molecule has 2 atom stereocenters. The minimum atomic E-state index is -1.20. The van der Waals surface area contributed by atoms with E-state index in [0.717, 1.165) is 24.8 Å². The number of hydrogen-bond donors (Lipinski definition) is 1. The number of rotatable bonds is 2. The van der Waals surface area contributed by atoms with Crippen molar-refractivity contribution in [2.24, 2.45) is 7.05 Å². The highest BCUT2D eigenvalue weighted by molar-refractivity contribution is 6.35. The SMILES string of the molecule is Cn1cc(C2CCCCN2C(=O)C(=O)N2CCC(O)(CC#N)C2)cn1. The Balaban J connectivity index is 1.72. The topological polar surface area (TPSA) is 102 Å². The molecule has 134 valence electrons. The van der Waals surface area contributed by atoms with E-state index in [2.05, 4.69) is 5.10 Å². The molecule has 2 aliphatic heterocycles. The van der Waals surface area contributed by atoms with E-state index in [1.807, 2.05) is 19.3 Å². The summed E-state index contributed by atoms with van der Waals surface area (Å²) in [6.45, 7) is 0.880. The first-order valence-corrected chi connectivity index (χ1v) is 8.61. The minimum Gasteiger partial charge on any atom is -0.387 e. The van der Waals surface area contributed by atoms with Gasteiger partial charge in [-0.05, 0) is 25.7 Å². The Labute approximate surface area is 146 Å². The second kappa shape index (κ2) is 6.84. The van der Waals surface area contributed by atoms with Gasteiger partial charge in [0.25, 0.3) is 0 Å². The van der Waals surface area contributed by atoms with E-state index >= 15 is 0 Å². The molecule has 1 N–H and O–H groups in total. The van der Waals surface area contributed by atoms with Gasteiger partial charge in [0.05, 0.1) is 36.9 Å². The molecule has 1 aromatic heterocycles. The van der Waals surface area contributed by atoms with E-state index in [4.69, 9.17) is 5.26 Å². The number of β-amino-alcohol motifs (C(OH)–C–C–N with tert-alkyl or cyclic N) is 1. The van der Waals surface area contributed by atoms with Crippen LogP contribution in [-0.4, -0.2) is 61.7 Å². The number of nitrogens with zero attached hydrogens (tertiary/aromatic N) is 5. The standard InChI is InChI=1S/C17H23N5O3/c1-20-11-13(10-19-20)14-4-2-3-8-22(14)16(24)15(23)21-9-6-17(25,12-21)5-7-18/h10-11,14,25H,2-6,8-9,12H2,1H3. The lowest BCUT2D eigenvalue weighted by Gasteiger charge is -2.35. The number of hydrogen-bond acceptors (Lipinski definition) is 5. The lowest BCUT2D eigenvalue weighted by Crippen LogP contribution is -2.48. The average Bonchev–Trinajstić information content (AvgIpc) is 3.20. The van der Waals surface area contributed by atoms with Crippen molar-refractivity contribution in [3.63, 3.8) is 0 Å². The summed E-state index contributed by atoms with van der Waals surface area (Å²) in [5, 5.41) is 23.2. The van der Waals surface area contributed by atoms with Gasteiger partial charge < -0.3 is 14.9 Å². The van der Waals surface area contributed by atoms with E-state index in [-0.39, 0.29) is 19.0 Å². The minimum absolute atomic E-state index is 0.0347. The van der Waals surface area contributed by atoms with Gasteiger partial charge in [0, 0.05) is 31.9 Å². The molecular formula is C17H23N5O3. The third kappa shape index (κ3) is 3.51. The molecule has 8 heteroatoms. The lowest BCUT2D eigenvalue weighted by molar-refractivity contribution is -0.154. The second-order valence-electron chi connectivity index (χ2n) is 6.99. The van der Waals surface area contributed by atoms with E-state index < -0.39 is 17.4 Å². The van der Waals surface area contributed by atoms with Crippen LogP contribution in [0.3, 0.4) is 0 Å². The van der Waals surface area contributed by atoms with Crippen LogP contribution in [0.1, 0.15) is 43.7 Å². The fourth-order valence-electron chi connectivity index (χ4n) is 3.71. The number of aromatic nitrogens is 2. The van der Waals surface area contributed by atoms with Gasteiger partial charge in [0.15, 0.2) is 0 Å². The zero-order valence-corrected chi connectivity index (χ0v) is 14.4. The summed E-state index contributed by atoms with van der Waals surface area (Å²) in [7, 11) is 1.82. The molecule has 2 saturated heterocycles. The van der Waals surface area contributed by atoms with Crippen molar-refractivity contribution < 1.29 is 14.7 Å². The molecule has 0 aromatic carbocycles. The predicted molar refractivity (Wildman–Crippen MR) is 87.9 cm³/mol. The van der Waals surface area contributed by atoms with E-state index in [9.17, 15) is 14.7 Å². The third-order valence-electron chi connectivity index (χ3n) is 5.08. The molecule has 25 heavy (non-hydrogen) atoms. The molecule has 1 aromatic rings. The van der Waals surface area contributed by atoms with Crippen molar-refractivity contribution in [3.05, 3.63) is 18.0 Å². The van der Waals surface area contributed by atoms with Crippen molar-refractivity contribution in [2.75, 3.05) is 19.6 Å². The third-order valence-corrected chi connectivity index (χ3v) is 5.08. The molecule has 2 unspecified atom stereocenters. The van der Waals surface area contributed by atoms with Gasteiger partial charge in [0.1, 0.15) is 0 Å². The van der Waals surface area contributed by atoms with Gasteiger partial charge in [-0.3, -0.25) is 14.3 Å². The van der Waals surface area contributed by atoms with Crippen molar-refractivity contribution in [1.29, 1.82) is 5.26 Å². The predicted octanol–water partition coefficient (Wildman–Crippen LogP) is 0.351. The maximum absolute atomic E-state index is 12.8. The molecule has 2 aliphatic rings. The summed E-state index contributed by atoms with van der Waals surface area (Å²) in [5.74, 6) is -1.13. The normalized spacial score (nSPS) is 26.5. The van der Waals surface area contributed by atoms with Crippen LogP contribution in [-0.2, 0) is 16.6 Å². The zero-order chi connectivity index (χ0) is 18.0. The van der Waals surface area contributed by atoms with Crippen LogP contribution in [0.2, 0.25) is 0 Å². The molecule has 3 rings (SSSR count). The first-order chi connectivity index (χ1) is 11.9. The zero-order valence-electron chi connectivity index (χ0n) is 14.4. The van der Waals surface area contributed by atoms with Crippen molar-refractivity contribution in [2.45, 2.75) is 43.7 Å². The van der Waals surface area contributed by atoms with Crippen molar-refractivity contribution >= 4 is 11.8 Å². The van der Waals surface area contributed by atoms with Crippen LogP contribution in [0, 0.1) is 11.3 Å². The van der Waals surface area contributed by atoms with Gasteiger partial charge in [-0.15, -0.1) is 0 Å². The van der Waals surface area contributed by atoms with Crippen LogP contribution in [0.15, 0.2) is 12.4 Å². The Kier molecular flexibility index (Phi) is 4.77. The smallest absolute Gasteiger partial charge is 0.312 e. The van der Waals surface area contributed by atoms with Crippen LogP contribution >= 0.6 is 0 Å². The number of likely N-dealkylation sites (tertiary alicyclic amines) is 2. The van der Waals surface area contributed by atoms with E-state index in [1.165, 1.54) is 4.90 Å². The Bertz CT molecular complexity index is 709. The van der Waals surface area contributed by atoms with Crippen LogP contribution in [0.25, 0.3) is 0 Å². The molecule has 8 nitrogen and oxygen atoms in total. The quantitative estimate of drug-likeness (QED) is 0.779. The Morgan fingerprint density at radius 1 is 1.40 bits per heavy atom. The van der Waals surface area contributed by atoms with Gasteiger partial charge in [-0.1, -0.05) is 0 Å². The summed E-state index contributed by atoms with van der Waals surface area (Å²) in [5.41, 5.74) is -0.263. The van der Waals surface area contributed by atoms with Crippen LogP contribution < -0.4 is 0 Å². The number of nitriles is 1. The maximum atomic E-state index is 12.8. The Hall–Kier alpha value is -2.40. The highest BCUT2D eigenvalue weighted by Gasteiger charge is 2.42. The summed E-state index contributed by atoms with van der Waals surface area (Å²) in [4.78, 5) is 28.4. The molecule has 0 spiro atoms. The second-order valence-corrected chi connectivity index (χ2v) is 6.99. The maximum Gasteiger partial charge on any atom is 0.312 e. The summed E-state index contributed by atoms with van der Waals surface area (Å²) < 4.78 is 1.69. The lowest BCUT2D eigenvalue weighted by atomic mass is 9.97. The van der Waals surface area contributed by atoms with Gasteiger partial charge in [0.2, 0.25) is 0 Å².